The number of pyridine rings is 1. The number of carbonyl (C=O) groups is 2. The first-order valence-electron chi connectivity index (χ1n) is 13.7. The van der Waals surface area contributed by atoms with Crippen LogP contribution in [0.3, 0.4) is 0 Å². The fourth-order valence-electron chi connectivity index (χ4n) is 6.16. The van der Waals surface area contributed by atoms with Gasteiger partial charge in [-0.2, -0.15) is 5.10 Å². The zero-order valence-electron chi connectivity index (χ0n) is 22.4. The van der Waals surface area contributed by atoms with Crippen LogP contribution in [-0.2, 0) is 11.4 Å². The number of aryl methyl sites for hydroxylation is 1. The highest BCUT2D eigenvalue weighted by molar-refractivity contribution is 7.08. The van der Waals surface area contributed by atoms with E-state index in [1.807, 2.05) is 42.2 Å². The minimum Gasteiger partial charge on any atom is -0.489 e. The SMILES string of the molecule is Cc1cc(COc2ccc(C(=O)NC3CC34CN(C(=O)C3CC3)C[C@@H]4c3n[nH]c(=O)s3)c(F)c2)c2ccccc2n1. The molecule has 3 atom stereocenters. The second-order valence-corrected chi connectivity index (χ2v) is 12.3. The van der Waals surface area contributed by atoms with Gasteiger partial charge in [-0.25, -0.2) is 9.49 Å². The van der Waals surface area contributed by atoms with Crippen molar-refractivity contribution < 1.29 is 18.7 Å². The molecule has 1 saturated heterocycles. The Bertz CT molecular complexity index is 1750. The zero-order chi connectivity index (χ0) is 28.3. The first-order chi connectivity index (χ1) is 19.8. The number of para-hydroxylation sites is 1. The van der Waals surface area contributed by atoms with Gasteiger partial charge in [-0.15, -0.1) is 0 Å². The van der Waals surface area contributed by atoms with Gasteiger partial charge in [-0.05, 0) is 50.5 Å². The number of halogens is 1. The zero-order valence-corrected chi connectivity index (χ0v) is 23.2. The van der Waals surface area contributed by atoms with E-state index in [-0.39, 0.29) is 40.8 Å². The number of aromatic nitrogens is 3. The van der Waals surface area contributed by atoms with Crippen LogP contribution in [-0.4, -0.2) is 51.0 Å². The monoisotopic (exact) mass is 573 g/mol. The van der Waals surface area contributed by atoms with Gasteiger partial charge in [0.2, 0.25) is 5.91 Å². The standard InChI is InChI=1S/C30H28FN5O4S/c1-16-10-18(20-4-2-3-5-24(20)32-16)14-40-19-8-9-21(23(31)11-19)26(37)33-25-12-30(25)15-36(28(38)17-6-7-17)13-22(30)27-34-35-29(39)41-27/h2-5,8-11,17,22,25H,6-7,12-15H2,1H3,(H,33,37)(H,35,39)/t22-,25?,30?/m1/s1. The van der Waals surface area contributed by atoms with Crippen LogP contribution in [0.4, 0.5) is 4.39 Å². The van der Waals surface area contributed by atoms with Crippen molar-refractivity contribution in [1.82, 2.24) is 25.4 Å². The van der Waals surface area contributed by atoms with Crippen molar-refractivity contribution in [2.45, 2.75) is 44.8 Å². The van der Waals surface area contributed by atoms with E-state index in [0.717, 1.165) is 46.3 Å². The summed E-state index contributed by atoms with van der Waals surface area (Å²) in [4.78, 5) is 44.0. The first-order valence-corrected chi connectivity index (χ1v) is 14.5. The van der Waals surface area contributed by atoms with E-state index < -0.39 is 17.1 Å². The molecule has 3 fully saturated rings. The summed E-state index contributed by atoms with van der Waals surface area (Å²) >= 11 is 1.04. The molecule has 9 nitrogen and oxygen atoms in total. The van der Waals surface area contributed by atoms with E-state index in [2.05, 4.69) is 20.5 Å². The fourth-order valence-corrected chi connectivity index (χ4v) is 6.98. The summed E-state index contributed by atoms with van der Waals surface area (Å²) in [5.74, 6) is -0.834. The number of aromatic amines is 1. The third-order valence-corrected chi connectivity index (χ3v) is 9.37. The fraction of sp³-hybridized carbons (Fsp3) is 0.367. The number of fused-ring (bicyclic) bond motifs is 1. The summed E-state index contributed by atoms with van der Waals surface area (Å²) in [6.07, 6.45) is 2.44. The molecule has 2 amide bonds. The molecule has 2 aliphatic carbocycles. The number of likely N-dealkylation sites (tertiary alicyclic amines) is 1. The van der Waals surface area contributed by atoms with E-state index in [9.17, 15) is 14.4 Å². The largest absolute Gasteiger partial charge is 0.489 e. The maximum Gasteiger partial charge on any atom is 0.322 e. The van der Waals surface area contributed by atoms with Crippen LogP contribution in [0.1, 0.15) is 51.8 Å². The average molecular weight is 574 g/mol. The minimum absolute atomic E-state index is 0.0745. The van der Waals surface area contributed by atoms with Gasteiger partial charge in [0.25, 0.3) is 5.91 Å². The van der Waals surface area contributed by atoms with Crippen LogP contribution in [0.15, 0.2) is 53.3 Å². The molecule has 2 N–H and O–H groups in total. The molecule has 1 aliphatic heterocycles. The number of benzene rings is 2. The topological polar surface area (TPSA) is 117 Å². The van der Waals surface area contributed by atoms with Crippen LogP contribution < -0.4 is 14.9 Å². The highest BCUT2D eigenvalue weighted by atomic mass is 32.1. The summed E-state index contributed by atoms with van der Waals surface area (Å²) in [7, 11) is 0. The molecule has 7 rings (SSSR count). The number of carbonyl (C=O) groups excluding carboxylic acids is 2. The number of H-pyrrole nitrogens is 1. The first kappa shape index (κ1) is 25.8. The third-order valence-electron chi connectivity index (χ3n) is 8.51. The van der Waals surface area contributed by atoms with Crippen molar-refractivity contribution in [3.05, 3.63) is 85.8 Å². The number of amides is 2. The maximum atomic E-state index is 15.1. The summed E-state index contributed by atoms with van der Waals surface area (Å²) in [5.41, 5.74) is 2.19. The van der Waals surface area contributed by atoms with Gasteiger partial charge >= 0.3 is 4.87 Å². The maximum absolute atomic E-state index is 15.1. The van der Waals surface area contributed by atoms with Crippen molar-refractivity contribution in [2.75, 3.05) is 13.1 Å². The van der Waals surface area contributed by atoms with Crippen LogP contribution in [0.5, 0.6) is 5.75 Å². The number of nitrogens with one attached hydrogen (secondary N) is 2. The lowest BCUT2D eigenvalue weighted by molar-refractivity contribution is -0.131. The summed E-state index contributed by atoms with van der Waals surface area (Å²) < 4.78 is 21.0. The highest BCUT2D eigenvalue weighted by Gasteiger charge is 2.66. The molecule has 3 heterocycles. The van der Waals surface area contributed by atoms with Gasteiger partial charge in [0.05, 0.1) is 11.1 Å². The Hall–Kier alpha value is -4.12. The Morgan fingerprint density at radius 3 is 2.80 bits per heavy atom. The van der Waals surface area contributed by atoms with E-state index >= 15 is 4.39 Å². The van der Waals surface area contributed by atoms with E-state index in [1.165, 1.54) is 12.1 Å². The molecule has 0 radical (unpaired) electrons. The second kappa shape index (κ2) is 9.76. The van der Waals surface area contributed by atoms with Crippen molar-refractivity contribution in [2.24, 2.45) is 11.3 Å². The van der Waals surface area contributed by atoms with Gasteiger partial charge in [-0.3, -0.25) is 19.4 Å². The Morgan fingerprint density at radius 2 is 2.05 bits per heavy atom. The van der Waals surface area contributed by atoms with Crippen LogP contribution in [0, 0.1) is 24.1 Å². The number of hydrogen-bond acceptors (Lipinski definition) is 7. The van der Waals surface area contributed by atoms with E-state index in [4.69, 9.17) is 4.74 Å². The van der Waals surface area contributed by atoms with Gasteiger partial charge in [0, 0.05) is 59.1 Å². The molecule has 2 aromatic carbocycles. The van der Waals surface area contributed by atoms with Crippen LogP contribution >= 0.6 is 11.3 Å². The molecule has 2 unspecified atom stereocenters. The summed E-state index contributed by atoms with van der Waals surface area (Å²) in [6, 6.07) is 13.7. The number of rotatable bonds is 7. The Labute approximate surface area is 238 Å². The predicted octanol–water partition coefficient (Wildman–Crippen LogP) is 3.93. The van der Waals surface area contributed by atoms with E-state index in [1.54, 1.807) is 6.07 Å². The van der Waals surface area contributed by atoms with Gasteiger partial charge in [0.1, 0.15) is 23.2 Å². The molecular formula is C30H28FN5O4S. The third kappa shape index (κ3) is 4.77. The average Bonchev–Trinajstić information content (AvgIpc) is 3.83. The highest BCUT2D eigenvalue weighted by Crippen LogP contribution is 2.60. The number of nitrogens with zero attached hydrogens (tertiary/aromatic N) is 3. The molecule has 2 aromatic heterocycles. The second-order valence-electron chi connectivity index (χ2n) is 11.3. The lowest BCUT2D eigenvalue weighted by Gasteiger charge is -2.17. The lowest BCUT2D eigenvalue weighted by atomic mass is 9.92. The predicted molar refractivity (Wildman–Crippen MR) is 150 cm³/mol. The van der Waals surface area contributed by atoms with Crippen molar-refractivity contribution in [3.63, 3.8) is 0 Å². The molecule has 4 aromatic rings. The van der Waals surface area contributed by atoms with Crippen molar-refractivity contribution >= 4 is 34.1 Å². The van der Waals surface area contributed by atoms with E-state index in [0.29, 0.717) is 30.3 Å². The lowest BCUT2D eigenvalue weighted by Crippen LogP contribution is -2.34. The molecular weight excluding hydrogens is 545 g/mol. The summed E-state index contributed by atoms with van der Waals surface area (Å²) in [5, 5.41) is 11.3. The van der Waals surface area contributed by atoms with Crippen molar-refractivity contribution in [3.8, 4) is 5.75 Å². The molecule has 210 valence electrons. The number of hydrogen-bond donors (Lipinski definition) is 2. The molecule has 3 aliphatic rings. The molecule has 11 heteroatoms. The quantitative estimate of drug-likeness (QED) is 0.346. The minimum atomic E-state index is -0.676. The molecule has 41 heavy (non-hydrogen) atoms. The van der Waals surface area contributed by atoms with Crippen LogP contribution in [0.25, 0.3) is 10.9 Å². The van der Waals surface area contributed by atoms with Gasteiger partial charge in [0.15, 0.2) is 0 Å². The Morgan fingerprint density at radius 1 is 1.22 bits per heavy atom. The van der Waals surface area contributed by atoms with Crippen molar-refractivity contribution in [1.29, 1.82) is 0 Å². The summed E-state index contributed by atoms with van der Waals surface area (Å²) in [6.45, 7) is 3.11. The smallest absolute Gasteiger partial charge is 0.322 e. The Kier molecular flexibility index (Phi) is 6.15. The van der Waals surface area contributed by atoms with Crippen LogP contribution in [0.2, 0.25) is 0 Å². The van der Waals surface area contributed by atoms with Gasteiger partial charge in [-0.1, -0.05) is 29.5 Å². The number of ether oxygens (including phenoxy) is 1. The van der Waals surface area contributed by atoms with Gasteiger partial charge < -0.3 is 15.0 Å². The molecule has 2 saturated carbocycles. The Balaban J connectivity index is 1.04. The molecule has 1 spiro atoms. The normalized spacial score (nSPS) is 23.2. The molecule has 0 bridgehead atoms.